The summed E-state index contributed by atoms with van der Waals surface area (Å²) in [5.74, 6) is 1.38. The van der Waals surface area contributed by atoms with Crippen LogP contribution in [0.15, 0.2) is 39.7 Å². The first kappa shape index (κ1) is 16.5. The lowest BCUT2D eigenvalue weighted by molar-refractivity contribution is 0.271. The molecule has 2 aromatic rings. The van der Waals surface area contributed by atoms with Gasteiger partial charge in [-0.05, 0) is 39.5 Å². The number of aromatic nitrogens is 2. The van der Waals surface area contributed by atoms with Gasteiger partial charge in [0.15, 0.2) is 0 Å². The van der Waals surface area contributed by atoms with Gasteiger partial charge in [0.25, 0.3) is 5.56 Å². The topological polar surface area (TPSA) is 56.1 Å². The van der Waals surface area contributed by atoms with Crippen molar-refractivity contribution in [1.82, 2.24) is 9.78 Å². The van der Waals surface area contributed by atoms with Gasteiger partial charge in [0, 0.05) is 13.6 Å². The molecule has 0 aliphatic rings. The normalized spacial score (nSPS) is 10.8. The molecule has 0 aliphatic carbocycles. The zero-order valence-electron chi connectivity index (χ0n) is 13.0. The highest BCUT2D eigenvalue weighted by atomic mass is 79.9. The first-order chi connectivity index (χ1) is 10.5. The van der Waals surface area contributed by atoms with Crippen LogP contribution in [-0.4, -0.2) is 16.4 Å². The Bertz CT molecular complexity index is 681. The first-order valence-corrected chi connectivity index (χ1v) is 7.94. The molecule has 22 heavy (non-hydrogen) atoms. The van der Waals surface area contributed by atoms with Crippen LogP contribution < -0.4 is 15.6 Å². The van der Waals surface area contributed by atoms with Gasteiger partial charge in [0.2, 0.25) is 0 Å². The van der Waals surface area contributed by atoms with Crippen LogP contribution in [0.3, 0.4) is 0 Å². The van der Waals surface area contributed by atoms with E-state index in [-0.39, 0.29) is 5.56 Å². The summed E-state index contributed by atoms with van der Waals surface area (Å²) < 4.78 is 7.43. The van der Waals surface area contributed by atoms with Crippen molar-refractivity contribution in [3.8, 4) is 5.75 Å². The Hall–Kier alpha value is -1.82. The van der Waals surface area contributed by atoms with E-state index in [0.29, 0.717) is 29.2 Å². The highest BCUT2D eigenvalue weighted by Crippen LogP contribution is 2.18. The molecule has 2 rings (SSSR count). The van der Waals surface area contributed by atoms with Crippen LogP contribution in [0.4, 0.5) is 5.69 Å². The Morgan fingerprint density at radius 1 is 1.32 bits per heavy atom. The molecule has 0 atom stereocenters. The summed E-state index contributed by atoms with van der Waals surface area (Å²) in [6, 6.07) is 7.92. The summed E-state index contributed by atoms with van der Waals surface area (Å²) in [4.78, 5) is 11.8. The van der Waals surface area contributed by atoms with E-state index in [4.69, 9.17) is 4.74 Å². The minimum absolute atomic E-state index is 0.164. The van der Waals surface area contributed by atoms with Crippen molar-refractivity contribution in [1.29, 1.82) is 0 Å². The molecule has 0 radical (unpaired) electrons. The lowest BCUT2D eigenvalue weighted by atomic mass is 10.2. The molecule has 1 aromatic heterocycles. The second-order valence-corrected chi connectivity index (χ2v) is 6.30. The maximum Gasteiger partial charge on any atom is 0.282 e. The second-order valence-electron chi connectivity index (χ2n) is 5.50. The van der Waals surface area contributed by atoms with Crippen molar-refractivity contribution in [2.24, 2.45) is 13.0 Å². The van der Waals surface area contributed by atoms with Crippen molar-refractivity contribution < 1.29 is 4.74 Å². The number of rotatable bonds is 6. The van der Waals surface area contributed by atoms with Gasteiger partial charge in [0.1, 0.15) is 10.2 Å². The van der Waals surface area contributed by atoms with Crippen molar-refractivity contribution >= 4 is 21.6 Å². The van der Waals surface area contributed by atoms with Crippen LogP contribution in [0, 0.1) is 5.92 Å². The summed E-state index contributed by atoms with van der Waals surface area (Å²) in [6.45, 7) is 5.56. The van der Waals surface area contributed by atoms with Crippen molar-refractivity contribution in [2.75, 3.05) is 11.9 Å². The molecule has 0 saturated carbocycles. The fourth-order valence-corrected chi connectivity index (χ4v) is 2.30. The number of anilines is 1. The summed E-state index contributed by atoms with van der Waals surface area (Å²) in [5.41, 5.74) is 1.62. The lowest BCUT2D eigenvalue weighted by Gasteiger charge is -2.11. The van der Waals surface area contributed by atoms with E-state index in [9.17, 15) is 4.79 Å². The second kappa shape index (κ2) is 7.45. The predicted octanol–water partition coefficient (Wildman–Crippen LogP) is 3.19. The number of hydrogen-bond acceptors (Lipinski definition) is 4. The SMILES string of the molecule is CC(C)COc1ccc(CNc2cnn(C)c(=O)c2Br)cc1. The van der Waals surface area contributed by atoms with Gasteiger partial charge < -0.3 is 10.1 Å². The van der Waals surface area contributed by atoms with Crippen LogP contribution in [0.1, 0.15) is 19.4 Å². The minimum atomic E-state index is -0.164. The summed E-state index contributed by atoms with van der Waals surface area (Å²) in [6.07, 6.45) is 1.63. The van der Waals surface area contributed by atoms with E-state index in [0.717, 1.165) is 11.3 Å². The molecule has 0 fully saturated rings. The quantitative estimate of drug-likeness (QED) is 0.853. The molecule has 0 saturated heterocycles. The average molecular weight is 366 g/mol. The average Bonchev–Trinajstić information content (AvgIpc) is 2.51. The van der Waals surface area contributed by atoms with Crippen LogP contribution in [0.5, 0.6) is 5.75 Å². The molecule has 0 spiro atoms. The molecule has 1 N–H and O–H groups in total. The molecule has 1 heterocycles. The summed E-state index contributed by atoms with van der Waals surface area (Å²) in [7, 11) is 1.62. The molecule has 0 unspecified atom stereocenters. The highest BCUT2D eigenvalue weighted by molar-refractivity contribution is 9.10. The molecule has 5 nitrogen and oxygen atoms in total. The van der Waals surface area contributed by atoms with Crippen LogP contribution >= 0.6 is 15.9 Å². The molecular weight excluding hydrogens is 346 g/mol. The molecule has 118 valence electrons. The number of ether oxygens (including phenoxy) is 1. The minimum Gasteiger partial charge on any atom is -0.493 e. The van der Waals surface area contributed by atoms with Gasteiger partial charge in [-0.15, -0.1) is 0 Å². The fraction of sp³-hybridized carbons (Fsp3) is 0.375. The fourth-order valence-electron chi connectivity index (χ4n) is 1.80. The van der Waals surface area contributed by atoms with E-state index in [1.165, 1.54) is 4.68 Å². The van der Waals surface area contributed by atoms with Crippen molar-refractivity contribution in [2.45, 2.75) is 20.4 Å². The molecule has 0 bridgehead atoms. The summed E-state index contributed by atoms with van der Waals surface area (Å²) in [5, 5.41) is 7.20. The third-order valence-electron chi connectivity index (χ3n) is 3.07. The first-order valence-electron chi connectivity index (χ1n) is 7.15. The molecule has 6 heteroatoms. The number of nitrogens with one attached hydrogen (secondary N) is 1. The van der Waals surface area contributed by atoms with Gasteiger partial charge in [0.05, 0.1) is 18.5 Å². The third kappa shape index (κ3) is 4.34. The molecule has 1 aromatic carbocycles. The number of nitrogens with zero attached hydrogens (tertiary/aromatic N) is 2. The van der Waals surface area contributed by atoms with Crippen molar-refractivity contribution in [3.05, 3.63) is 50.9 Å². The Kier molecular flexibility index (Phi) is 5.60. The largest absolute Gasteiger partial charge is 0.493 e. The van der Waals surface area contributed by atoms with Gasteiger partial charge in [-0.2, -0.15) is 5.10 Å². The molecule has 0 amide bonds. The number of halogens is 1. The van der Waals surface area contributed by atoms with Crippen LogP contribution in [0.2, 0.25) is 0 Å². The van der Waals surface area contributed by atoms with Crippen molar-refractivity contribution in [3.63, 3.8) is 0 Å². The van der Waals surface area contributed by atoms with Gasteiger partial charge in [-0.3, -0.25) is 4.79 Å². The highest BCUT2D eigenvalue weighted by Gasteiger charge is 2.06. The van der Waals surface area contributed by atoms with E-state index < -0.39 is 0 Å². The van der Waals surface area contributed by atoms with Crippen LogP contribution in [0.25, 0.3) is 0 Å². The van der Waals surface area contributed by atoms with Gasteiger partial charge in [-0.25, -0.2) is 4.68 Å². The number of aryl methyl sites for hydroxylation is 1. The van der Waals surface area contributed by atoms with Crippen LogP contribution in [-0.2, 0) is 13.6 Å². The zero-order chi connectivity index (χ0) is 16.1. The Morgan fingerprint density at radius 3 is 2.64 bits per heavy atom. The summed E-state index contributed by atoms with van der Waals surface area (Å²) >= 11 is 3.29. The van der Waals surface area contributed by atoms with Gasteiger partial charge >= 0.3 is 0 Å². The van der Waals surface area contributed by atoms with E-state index in [2.05, 4.69) is 40.2 Å². The van der Waals surface area contributed by atoms with E-state index in [1.807, 2.05) is 24.3 Å². The maximum atomic E-state index is 11.8. The number of hydrogen-bond donors (Lipinski definition) is 1. The van der Waals surface area contributed by atoms with Gasteiger partial charge in [-0.1, -0.05) is 26.0 Å². The predicted molar refractivity (Wildman–Crippen MR) is 91.3 cm³/mol. The third-order valence-corrected chi connectivity index (χ3v) is 3.83. The molecular formula is C16H20BrN3O2. The Balaban J connectivity index is 1.97. The lowest BCUT2D eigenvalue weighted by Crippen LogP contribution is -2.21. The molecule has 0 aliphatic heterocycles. The monoisotopic (exact) mass is 365 g/mol. The Morgan fingerprint density at radius 2 is 2.00 bits per heavy atom. The van der Waals surface area contributed by atoms with E-state index in [1.54, 1.807) is 13.2 Å². The van der Waals surface area contributed by atoms with E-state index >= 15 is 0 Å². The number of benzene rings is 1. The maximum absolute atomic E-state index is 11.8. The standard InChI is InChI=1S/C16H20BrN3O2/c1-11(2)10-22-13-6-4-12(5-7-13)8-18-14-9-19-20(3)16(21)15(14)17/h4-7,9,11,18H,8,10H2,1-3H3. The zero-order valence-corrected chi connectivity index (χ0v) is 14.6. The smallest absolute Gasteiger partial charge is 0.282 e. The Labute approximate surface area is 138 Å².